The number of hydrogen-bond acceptors (Lipinski definition) is 4. The summed E-state index contributed by atoms with van der Waals surface area (Å²) in [6.07, 6.45) is -4.10. The maximum atomic E-state index is 12.5. The van der Waals surface area contributed by atoms with Gasteiger partial charge in [0.25, 0.3) is 0 Å². The number of alkyl halides is 3. The van der Waals surface area contributed by atoms with E-state index in [0.717, 1.165) is 11.3 Å². The van der Waals surface area contributed by atoms with Gasteiger partial charge >= 0.3 is 6.36 Å². The first-order chi connectivity index (χ1) is 11.7. The van der Waals surface area contributed by atoms with E-state index < -0.39 is 6.36 Å². The molecule has 2 rings (SSSR count). The van der Waals surface area contributed by atoms with Crippen LogP contribution < -0.4 is 4.74 Å². The van der Waals surface area contributed by atoms with Crippen LogP contribution in [0.5, 0.6) is 5.75 Å². The minimum absolute atomic E-state index is 0.0205. The Hall–Kier alpha value is -2.51. The summed E-state index contributed by atoms with van der Waals surface area (Å²) in [6.45, 7) is 3.59. The molecule has 0 saturated carbocycles. The van der Waals surface area contributed by atoms with Crippen molar-refractivity contribution in [2.24, 2.45) is 0 Å². The molecule has 25 heavy (non-hydrogen) atoms. The third kappa shape index (κ3) is 5.23. The molecule has 8 heteroatoms. The molecule has 0 aliphatic rings. The van der Waals surface area contributed by atoms with E-state index >= 15 is 0 Å². The average molecular weight is 356 g/mol. The molecular weight excluding hydrogens is 337 g/mol. The van der Waals surface area contributed by atoms with E-state index in [9.17, 15) is 18.0 Å². The molecule has 0 aliphatic carbocycles. The summed E-state index contributed by atoms with van der Waals surface area (Å²) in [5.74, 6) is 0.166. The highest BCUT2D eigenvalue weighted by molar-refractivity contribution is 5.76. The predicted octanol–water partition coefficient (Wildman–Crippen LogP) is 3.78. The largest absolute Gasteiger partial charge is 0.573 e. The van der Waals surface area contributed by atoms with Crippen LogP contribution in [-0.4, -0.2) is 29.4 Å². The quantitative estimate of drug-likeness (QED) is 0.790. The first-order valence-corrected chi connectivity index (χ1v) is 7.66. The molecule has 0 fully saturated rings. The highest BCUT2D eigenvalue weighted by Crippen LogP contribution is 2.27. The Morgan fingerprint density at radius 1 is 1.28 bits per heavy atom. The minimum Gasteiger partial charge on any atom is -0.405 e. The monoisotopic (exact) mass is 356 g/mol. The van der Waals surface area contributed by atoms with E-state index in [-0.39, 0.29) is 30.2 Å². The van der Waals surface area contributed by atoms with Gasteiger partial charge in [0.1, 0.15) is 11.5 Å². The molecule has 0 unspecified atom stereocenters. The normalized spacial score (nSPS) is 11.4. The van der Waals surface area contributed by atoms with Crippen molar-refractivity contribution in [2.45, 2.75) is 39.6 Å². The van der Waals surface area contributed by atoms with Gasteiger partial charge in [-0.05, 0) is 26.3 Å². The van der Waals surface area contributed by atoms with Crippen LogP contribution in [0.3, 0.4) is 0 Å². The van der Waals surface area contributed by atoms with Crippen molar-refractivity contribution < 1.29 is 27.2 Å². The Morgan fingerprint density at radius 3 is 2.56 bits per heavy atom. The number of carbonyl (C=O) groups is 1. The van der Waals surface area contributed by atoms with E-state index in [1.165, 1.54) is 23.1 Å². The van der Waals surface area contributed by atoms with E-state index in [4.69, 9.17) is 4.52 Å². The molecule has 0 atom stereocenters. The molecule has 1 heterocycles. The lowest BCUT2D eigenvalue weighted by molar-refractivity contribution is -0.275. The van der Waals surface area contributed by atoms with Gasteiger partial charge in [0.05, 0.1) is 5.69 Å². The van der Waals surface area contributed by atoms with Gasteiger partial charge in [-0.15, -0.1) is 13.2 Å². The number of aromatic nitrogens is 1. The lowest BCUT2D eigenvalue weighted by Gasteiger charge is -2.20. The molecule has 0 N–H and O–H groups in total. The maximum absolute atomic E-state index is 12.5. The van der Waals surface area contributed by atoms with Crippen LogP contribution >= 0.6 is 0 Å². The number of halogens is 3. The molecule has 136 valence electrons. The first kappa shape index (κ1) is 18.8. The number of para-hydroxylation sites is 1. The molecule has 2 aromatic rings. The summed E-state index contributed by atoms with van der Waals surface area (Å²) in [6, 6.07) is 5.77. The van der Waals surface area contributed by atoms with Crippen molar-refractivity contribution in [3.8, 4) is 5.75 Å². The molecule has 1 amide bonds. The van der Waals surface area contributed by atoms with Crippen molar-refractivity contribution in [1.82, 2.24) is 10.1 Å². The number of amides is 1. The zero-order valence-corrected chi connectivity index (χ0v) is 14.2. The van der Waals surface area contributed by atoms with Crippen LogP contribution in [0.2, 0.25) is 0 Å². The molecule has 5 nitrogen and oxygen atoms in total. The van der Waals surface area contributed by atoms with Crippen LogP contribution in [0.1, 0.15) is 29.0 Å². The lowest BCUT2D eigenvalue weighted by Crippen LogP contribution is -2.27. The Kier molecular flexibility index (Phi) is 5.71. The van der Waals surface area contributed by atoms with Gasteiger partial charge < -0.3 is 14.2 Å². The number of carbonyl (C=O) groups excluding carboxylic acids is 1. The second kappa shape index (κ2) is 7.58. The third-order valence-corrected chi connectivity index (χ3v) is 3.80. The SMILES string of the molecule is Cc1noc(C)c1CCC(=O)N(C)Cc1ccccc1OC(F)(F)F. The smallest absolute Gasteiger partial charge is 0.405 e. The van der Waals surface area contributed by atoms with Crippen LogP contribution in [0.25, 0.3) is 0 Å². The number of rotatable bonds is 6. The molecule has 0 bridgehead atoms. The zero-order valence-electron chi connectivity index (χ0n) is 14.2. The molecule has 1 aromatic carbocycles. The van der Waals surface area contributed by atoms with E-state index in [0.29, 0.717) is 12.2 Å². The molecule has 0 spiro atoms. The summed E-state index contributed by atoms with van der Waals surface area (Å²) in [4.78, 5) is 13.6. The van der Waals surface area contributed by atoms with Crippen molar-refractivity contribution in [3.63, 3.8) is 0 Å². The second-order valence-electron chi connectivity index (χ2n) is 5.71. The third-order valence-electron chi connectivity index (χ3n) is 3.80. The van der Waals surface area contributed by atoms with E-state index in [2.05, 4.69) is 9.89 Å². The summed E-state index contributed by atoms with van der Waals surface area (Å²) in [5.41, 5.74) is 1.90. The summed E-state index contributed by atoms with van der Waals surface area (Å²) < 4.78 is 46.4. The number of nitrogens with zero attached hydrogens (tertiary/aromatic N) is 2. The van der Waals surface area contributed by atoms with E-state index in [1.54, 1.807) is 27.0 Å². The fourth-order valence-corrected chi connectivity index (χ4v) is 2.48. The Balaban J connectivity index is 1.99. The van der Waals surface area contributed by atoms with Gasteiger partial charge in [0, 0.05) is 31.1 Å². The van der Waals surface area contributed by atoms with Crippen LogP contribution in [0.4, 0.5) is 13.2 Å². The van der Waals surface area contributed by atoms with Crippen molar-refractivity contribution in [3.05, 3.63) is 46.8 Å². The second-order valence-corrected chi connectivity index (χ2v) is 5.71. The highest BCUT2D eigenvalue weighted by atomic mass is 19.4. The van der Waals surface area contributed by atoms with Gasteiger partial charge in [-0.1, -0.05) is 23.4 Å². The van der Waals surface area contributed by atoms with Crippen molar-refractivity contribution >= 4 is 5.91 Å². The fraction of sp³-hybridized carbons (Fsp3) is 0.412. The predicted molar refractivity (Wildman–Crippen MR) is 83.9 cm³/mol. The summed E-state index contributed by atoms with van der Waals surface area (Å²) >= 11 is 0. The van der Waals surface area contributed by atoms with Gasteiger partial charge in [-0.3, -0.25) is 4.79 Å². The standard InChI is InChI=1S/C17H19F3N2O3/c1-11-14(12(2)25-21-11)8-9-16(23)22(3)10-13-6-4-5-7-15(13)24-17(18,19)20/h4-7H,8-10H2,1-3H3. The number of hydrogen-bond donors (Lipinski definition) is 0. The number of ether oxygens (including phenoxy) is 1. The summed E-state index contributed by atoms with van der Waals surface area (Å²) in [5, 5.41) is 3.83. The lowest BCUT2D eigenvalue weighted by atomic mass is 10.1. The van der Waals surface area contributed by atoms with Gasteiger partial charge in [0.2, 0.25) is 5.91 Å². The molecule has 0 aliphatic heterocycles. The average Bonchev–Trinajstić information content (AvgIpc) is 2.84. The maximum Gasteiger partial charge on any atom is 0.573 e. The Labute approximate surface area is 143 Å². The molecule has 0 radical (unpaired) electrons. The van der Waals surface area contributed by atoms with Gasteiger partial charge in [0.15, 0.2) is 0 Å². The topological polar surface area (TPSA) is 55.6 Å². The zero-order chi connectivity index (χ0) is 18.6. The molecule has 1 aromatic heterocycles. The Morgan fingerprint density at radius 2 is 1.96 bits per heavy atom. The first-order valence-electron chi connectivity index (χ1n) is 7.66. The Bertz CT molecular complexity index is 721. The fourth-order valence-electron chi connectivity index (χ4n) is 2.48. The van der Waals surface area contributed by atoms with Crippen LogP contribution in [0.15, 0.2) is 28.8 Å². The summed E-state index contributed by atoms with van der Waals surface area (Å²) in [7, 11) is 1.54. The number of benzene rings is 1. The van der Waals surface area contributed by atoms with Gasteiger partial charge in [-0.2, -0.15) is 0 Å². The van der Waals surface area contributed by atoms with Crippen molar-refractivity contribution in [2.75, 3.05) is 7.05 Å². The van der Waals surface area contributed by atoms with Crippen LogP contribution in [0, 0.1) is 13.8 Å². The highest BCUT2D eigenvalue weighted by Gasteiger charge is 2.32. The number of aryl methyl sites for hydroxylation is 2. The molecular formula is C17H19F3N2O3. The van der Waals surface area contributed by atoms with Crippen molar-refractivity contribution in [1.29, 1.82) is 0 Å². The van der Waals surface area contributed by atoms with Crippen LogP contribution in [-0.2, 0) is 17.8 Å². The minimum atomic E-state index is -4.78. The molecule has 0 saturated heterocycles. The van der Waals surface area contributed by atoms with E-state index in [1.807, 2.05) is 0 Å². The van der Waals surface area contributed by atoms with Gasteiger partial charge in [-0.25, -0.2) is 0 Å².